The molecule has 0 bridgehead atoms. The Morgan fingerprint density at radius 2 is 2.00 bits per heavy atom. The van der Waals surface area contributed by atoms with E-state index in [1.165, 1.54) is 5.56 Å². The number of nitrogens with zero attached hydrogens (tertiary/aromatic N) is 1. The minimum atomic E-state index is -0.235. The number of halogens is 1. The van der Waals surface area contributed by atoms with E-state index in [1.54, 1.807) is 18.0 Å². The third kappa shape index (κ3) is 4.28. The number of carbonyl (C=O) groups is 1. The number of amides is 1. The van der Waals surface area contributed by atoms with Crippen LogP contribution in [0.1, 0.15) is 70.4 Å². The molecular formula is C20H30FNO2. The number of rotatable bonds is 5. The lowest BCUT2D eigenvalue weighted by atomic mass is 9.74. The van der Waals surface area contributed by atoms with Gasteiger partial charge in [0.2, 0.25) is 0 Å². The Morgan fingerprint density at radius 3 is 2.58 bits per heavy atom. The normalized spacial score (nSPS) is 20.4. The molecule has 0 spiro atoms. The molecule has 1 saturated carbocycles. The Balaban J connectivity index is 1.93. The van der Waals surface area contributed by atoms with Crippen LogP contribution in [0, 0.1) is 5.82 Å². The van der Waals surface area contributed by atoms with Crippen LogP contribution in [0.2, 0.25) is 0 Å². The van der Waals surface area contributed by atoms with Gasteiger partial charge in [0.25, 0.3) is 0 Å². The Bertz CT molecular complexity index is 573. The van der Waals surface area contributed by atoms with Crippen molar-refractivity contribution in [2.45, 2.75) is 70.8 Å². The van der Waals surface area contributed by atoms with Crippen molar-refractivity contribution in [2.24, 2.45) is 0 Å². The average Bonchev–Trinajstić information content (AvgIpc) is 2.46. The lowest BCUT2D eigenvalue weighted by Crippen LogP contribution is -2.45. The number of hydrogen-bond donors (Lipinski definition) is 0. The standard InChI is InChI=1S/C20H30FNO2/c1-6-7-10-24-19(23)22(5)16-11-15(12-16)14-8-9-18(21)17(13-14)20(2,3)4/h8-9,13,15-16H,6-7,10-12H2,1-5H3. The van der Waals surface area contributed by atoms with E-state index in [4.69, 9.17) is 4.74 Å². The van der Waals surface area contributed by atoms with Crippen LogP contribution < -0.4 is 0 Å². The minimum absolute atomic E-state index is 0.140. The molecule has 3 nitrogen and oxygen atoms in total. The van der Waals surface area contributed by atoms with E-state index in [2.05, 4.69) is 6.92 Å². The van der Waals surface area contributed by atoms with Gasteiger partial charge in [-0.3, -0.25) is 0 Å². The number of hydrogen-bond acceptors (Lipinski definition) is 2. The zero-order valence-electron chi connectivity index (χ0n) is 15.6. The average molecular weight is 335 g/mol. The van der Waals surface area contributed by atoms with Crippen molar-refractivity contribution in [3.8, 4) is 0 Å². The third-order valence-electron chi connectivity index (χ3n) is 4.94. The lowest BCUT2D eigenvalue weighted by Gasteiger charge is -2.41. The summed E-state index contributed by atoms with van der Waals surface area (Å²) in [5, 5.41) is 0. The molecule has 0 N–H and O–H groups in total. The van der Waals surface area contributed by atoms with Crippen molar-refractivity contribution in [3.63, 3.8) is 0 Å². The van der Waals surface area contributed by atoms with Gasteiger partial charge in [-0.2, -0.15) is 0 Å². The van der Waals surface area contributed by atoms with Crippen LogP contribution >= 0.6 is 0 Å². The number of benzene rings is 1. The van der Waals surface area contributed by atoms with Crippen LogP contribution in [0.3, 0.4) is 0 Å². The number of carbonyl (C=O) groups excluding carboxylic acids is 1. The molecule has 1 aromatic carbocycles. The summed E-state index contributed by atoms with van der Waals surface area (Å²) in [6.45, 7) is 8.64. The maximum atomic E-state index is 14.0. The summed E-state index contributed by atoms with van der Waals surface area (Å²) < 4.78 is 19.3. The van der Waals surface area contributed by atoms with E-state index >= 15 is 0 Å². The summed E-state index contributed by atoms with van der Waals surface area (Å²) in [4.78, 5) is 13.7. The highest BCUT2D eigenvalue weighted by Crippen LogP contribution is 2.41. The quantitative estimate of drug-likeness (QED) is 0.689. The van der Waals surface area contributed by atoms with Crippen molar-refractivity contribution in [3.05, 3.63) is 35.1 Å². The maximum Gasteiger partial charge on any atom is 0.409 e. The van der Waals surface area contributed by atoms with Crippen LogP contribution in [0.4, 0.5) is 9.18 Å². The summed E-state index contributed by atoms with van der Waals surface area (Å²) in [6, 6.07) is 5.67. The minimum Gasteiger partial charge on any atom is -0.449 e. The first kappa shape index (κ1) is 18.8. The molecule has 0 unspecified atom stereocenters. The number of ether oxygens (including phenoxy) is 1. The summed E-state index contributed by atoms with van der Waals surface area (Å²) in [5.41, 5.74) is 1.73. The van der Waals surface area contributed by atoms with Gasteiger partial charge in [0.15, 0.2) is 0 Å². The van der Waals surface area contributed by atoms with E-state index in [0.717, 1.165) is 31.2 Å². The first-order chi connectivity index (χ1) is 11.2. The topological polar surface area (TPSA) is 29.5 Å². The highest BCUT2D eigenvalue weighted by atomic mass is 19.1. The zero-order valence-corrected chi connectivity index (χ0v) is 15.6. The van der Waals surface area contributed by atoms with Gasteiger partial charge in [0.05, 0.1) is 6.61 Å². The molecular weight excluding hydrogens is 305 g/mol. The maximum absolute atomic E-state index is 14.0. The van der Waals surface area contributed by atoms with Crippen LogP contribution in [0.15, 0.2) is 18.2 Å². The van der Waals surface area contributed by atoms with Crippen LogP contribution in [0.25, 0.3) is 0 Å². The molecule has 0 saturated heterocycles. The highest BCUT2D eigenvalue weighted by Gasteiger charge is 2.36. The first-order valence-electron chi connectivity index (χ1n) is 8.93. The third-order valence-corrected chi connectivity index (χ3v) is 4.94. The molecule has 1 fully saturated rings. The fraction of sp³-hybridized carbons (Fsp3) is 0.650. The molecule has 4 heteroatoms. The summed E-state index contributed by atoms with van der Waals surface area (Å²) in [7, 11) is 1.81. The lowest BCUT2D eigenvalue weighted by molar-refractivity contribution is 0.0729. The van der Waals surface area contributed by atoms with E-state index in [0.29, 0.717) is 12.5 Å². The highest BCUT2D eigenvalue weighted by molar-refractivity contribution is 5.67. The number of unbranched alkanes of at least 4 members (excludes halogenated alkanes) is 1. The van der Waals surface area contributed by atoms with Gasteiger partial charge in [-0.05, 0) is 47.8 Å². The molecule has 1 aliphatic rings. The summed E-state index contributed by atoms with van der Waals surface area (Å²) in [6.07, 6.45) is 3.51. The molecule has 0 radical (unpaired) electrons. The molecule has 24 heavy (non-hydrogen) atoms. The van der Waals surface area contributed by atoms with Crippen molar-refractivity contribution < 1.29 is 13.9 Å². The fourth-order valence-electron chi connectivity index (χ4n) is 3.10. The van der Waals surface area contributed by atoms with Crippen LogP contribution in [0.5, 0.6) is 0 Å². The molecule has 134 valence electrons. The van der Waals surface area contributed by atoms with E-state index in [9.17, 15) is 9.18 Å². The first-order valence-corrected chi connectivity index (χ1v) is 8.93. The molecule has 2 rings (SSSR count). The molecule has 0 heterocycles. The molecule has 0 aliphatic heterocycles. The molecule has 0 aromatic heterocycles. The molecule has 1 amide bonds. The Hall–Kier alpha value is -1.58. The second-order valence-electron chi connectivity index (χ2n) is 7.89. The van der Waals surface area contributed by atoms with E-state index in [1.807, 2.05) is 32.9 Å². The molecule has 1 aliphatic carbocycles. The Kier molecular flexibility index (Phi) is 5.89. The van der Waals surface area contributed by atoms with Gasteiger partial charge in [-0.25, -0.2) is 9.18 Å². The van der Waals surface area contributed by atoms with Crippen molar-refractivity contribution in [2.75, 3.05) is 13.7 Å². The van der Waals surface area contributed by atoms with E-state index in [-0.39, 0.29) is 23.4 Å². The summed E-state index contributed by atoms with van der Waals surface area (Å²) >= 11 is 0. The fourth-order valence-corrected chi connectivity index (χ4v) is 3.10. The monoisotopic (exact) mass is 335 g/mol. The van der Waals surface area contributed by atoms with Gasteiger partial charge in [-0.15, -0.1) is 0 Å². The van der Waals surface area contributed by atoms with Gasteiger partial charge >= 0.3 is 6.09 Å². The molecule has 1 aromatic rings. The molecule has 0 atom stereocenters. The Morgan fingerprint density at radius 1 is 1.33 bits per heavy atom. The van der Waals surface area contributed by atoms with E-state index < -0.39 is 0 Å². The summed E-state index contributed by atoms with van der Waals surface area (Å²) in [5.74, 6) is 0.251. The van der Waals surface area contributed by atoms with Gasteiger partial charge in [0, 0.05) is 13.1 Å². The SMILES string of the molecule is CCCCOC(=O)N(C)C1CC(c2ccc(F)c(C(C)(C)C)c2)C1. The second-order valence-corrected chi connectivity index (χ2v) is 7.89. The zero-order chi connectivity index (χ0) is 17.9. The van der Waals surface area contributed by atoms with Crippen molar-refractivity contribution in [1.82, 2.24) is 4.90 Å². The van der Waals surface area contributed by atoms with Crippen LogP contribution in [-0.4, -0.2) is 30.7 Å². The van der Waals surface area contributed by atoms with Crippen molar-refractivity contribution in [1.29, 1.82) is 0 Å². The Labute approximate surface area is 145 Å². The van der Waals surface area contributed by atoms with Gasteiger partial charge in [-0.1, -0.05) is 46.2 Å². The smallest absolute Gasteiger partial charge is 0.409 e. The van der Waals surface area contributed by atoms with Gasteiger partial charge in [0.1, 0.15) is 5.82 Å². The second kappa shape index (κ2) is 7.54. The predicted octanol–water partition coefficient (Wildman–Crippen LogP) is 5.24. The predicted molar refractivity (Wildman–Crippen MR) is 94.9 cm³/mol. The van der Waals surface area contributed by atoms with Crippen LogP contribution in [-0.2, 0) is 10.2 Å². The largest absolute Gasteiger partial charge is 0.449 e. The van der Waals surface area contributed by atoms with Crippen molar-refractivity contribution >= 4 is 6.09 Å². The van der Waals surface area contributed by atoms with Gasteiger partial charge < -0.3 is 9.64 Å².